The molecule has 24 heavy (non-hydrogen) atoms. The Hall–Kier alpha value is 0.720. The first kappa shape index (κ1) is 21.0. The quantitative estimate of drug-likeness (QED) is 0.139. The van der Waals surface area contributed by atoms with Crippen LogP contribution in [-0.4, -0.2) is 18.9 Å². The summed E-state index contributed by atoms with van der Waals surface area (Å²) in [6, 6.07) is 6.00. The number of carbonyl (C=O) groups excluding carboxylic acids is 1. The minimum absolute atomic E-state index is 0.143. The zero-order valence-corrected chi connectivity index (χ0v) is 21.0. The zero-order chi connectivity index (χ0) is 18.2. The molecule has 0 fully saturated rings. The second-order valence-electron chi connectivity index (χ2n) is 4.31. The third-order valence-corrected chi connectivity index (χ3v) is 8.49. The highest BCUT2D eigenvalue weighted by atomic mass is 127. The van der Waals surface area contributed by atoms with Gasteiger partial charge in [0.15, 0.2) is 0 Å². The second kappa shape index (κ2) is 8.17. The van der Waals surface area contributed by atoms with Crippen molar-refractivity contribution in [3.8, 4) is 5.75 Å². The van der Waals surface area contributed by atoms with Gasteiger partial charge in [0.2, 0.25) is 0 Å². The Labute approximate surface area is 190 Å². The molecule has 0 aromatic heterocycles. The predicted octanol–water partition coefficient (Wildman–Crippen LogP) is 5.31. The Morgan fingerprint density at radius 3 is 2.08 bits per heavy atom. The highest BCUT2D eigenvalue weighted by molar-refractivity contribution is 14.1. The lowest BCUT2D eigenvalue weighted by molar-refractivity contribution is 0.0733. The van der Waals surface area contributed by atoms with Crippen molar-refractivity contribution in [1.82, 2.24) is 0 Å². The average Bonchev–Trinajstić information content (AvgIpc) is 2.40. The van der Waals surface area contributed by atoms with Crippen LogP contribution in [-0.2, 0) is 10.1 Å². The lowest BCUT2D eigenvalue weighted by Gasteiger charge is -2.14. The van der Waals surface area contributed by atoms with E-state index in [1.54, 1.807) is 57.3 Å². The van der Waals surface area contributed by atoms with Crippen LogP contribution in [0.1, 0.15) is 10.4 Å². The van der Waals surface area contributed by atoms with Gasteiger partial charge < -0.3 is 9.29 Å². The molecule has 0 aliphatic heterocycles. The summed E-state index contributed by atoms with van der Waals surface area (Å²) >= 11 is 13.3. The van der Waals surface area contributed by atoms with Crippen molar-refractivity contribution in [1.29, 1.82) is 0 Å². The first-order valence-electron chi connectivity index (χ1n) is 5.82. The molecule has 0 amide bonds. The van der Waals surface area contributed by atoms with E-state index < -0.39 is 16.1 Å². The van der Waals surface area contributed by atoms with Crippen molar-refractivity contribution in [2.45, 2.75) is 4.90 Å². The SMILES string of the molecule is O=C(Oc1cc(I)c(S(=O)(=O)[O-])c(I)c1)c1cc(Br)cc(Br)c1Br. The summed E-state index contributed by atoms with van der Waals surface area (Å²) in [5, 5.41) is 0. The van der Waals surface area contributed by atoms with E-state index >= 15 is 0 Å². The zero-order valence-electron chi connectivity index (χ0n) is 11.1. The van der Waals surface area contributed by atoms with Gasteiger partial charge in [0, 0.05) is 20.6 Å². The summed E-state index contributed by atoms with van der Waals surface area (Å²) in [6.45, 7) is 0. The Balaban J connectivity index is 2.41. The van der Waals surface area contributed by atoms with Crippen LogP contribution >= 0.6 is 93.0 Å². The van der Waals surface area contributed by atoms with E-state index in [9.17, 15) is 17.8 Å². The van der Waals surface area contributed by atoms with E-state index in [1.165, 1.54) is 12.1 Å². The lowest BCUT2D eigenvalue weighted by atomic mass is 10.2. The van der Waals surface area contributed by atoms with Gasteiger partial charge in [-0.1, -0.05) is 15.9 Å². The lowest BCUT2D eigenvalue weighted by Crippen LogP contribution is -2.11. The standard InChI is InChI=1S/C13H5Br3I2O5S/c14-5-1-7(11(16)8(15)2-5)13(19)23-6-3-9(17)12(10(18)4-6)24(20,21)22/h1-4H,(H,20,21,22)/p-1. The van der Waals surface area contributed by atoms with Gasteiger partial charge in [0.25, 0.3) is 0 Å². The summed E-state index contributed by atoms with van der Waals surface area (Å²) in [4.78, 5) is 12.0. The van der Waals surface area contributed by atoms with Crippen LogP contribution in [0.3, 0.4) is 0 Å². The van der Waals surface area contributed by atoms with Gasteiger partial charge in [-0.05, 0) is 101 Å². The minimum atomic E-state index is -4.60. The van der Waals surface area contributed by atoms with Crippen LogP contribution in [0.25, 0.3) is 0 Å². The summed E-state index contributed by atoms with van der Waals surface area (Å²) < 4.78 is 41.3. The number of hydrogen-bond acceptors (Lipinski definition) is 5. The van der Waals surface area contributed by atoms with E-state index in [0.29, 0.717) is 13.4 Å². The van der Waals surface area contributed by atoms with Gasteiger partial charge in [0.1, 0.15) is 15.9 Å². The molecule has 2 aromatic rings. The highest BCUT2D eigenvalue weighted by Gasteiger charge is 2.19. The average molecular weight is 766 g/mol. The highest BCUT2D eigenvalue weighted by Crippen LogP contribution is 2.33. The molecule has 0 saturated carbocycles. The van der Waals surface area contributed by atoms with E-state index in [1.807, 2.05) is 0 Å². The van der Waals surface area contributed by atoms with Gasteiger partial charge in [0.05, 0.1) is 10.5 Å². The summed E-state index contributed by atoms with van der Waals surface area (Å²) in [6.07, 6.45) is 0. The maximum absolute atomic E-state index is 12.4. The molecule has 2 rings (SSSR count). The molecule has 0 spiro atoms. The number of benzene rings is 2. The number of esters is 1. The second-order valence-corrected chi connectivity index (χ2v) is 10.5. The Bertz CT molecular complexity index is 924. The smallest absolute Gasteiger partial charge is 0.344 e. The Morgan fingerprint density at radius 1 is 1.04 bits per heavy atom. The Kier molecular flexibility index (Phi) is 7.15. The summed E-state index contributed by atoms with van der Waals surface area (Å²) in [5.74, 6) is -0.489. The van der Waals surface area contributed by atoms with Crippen LogP contribution in [0.4, 0.5) is 0 Å². The van der Waals surface area contributed by atoms with Crippen molar-refractivity contribution >= 4 is 109 Å². The van der Waals surface area contributed by atoms with Gasteiger partial charge in [-0.2, -0.15) is 0 Å². The first-order chi connectivity index (χ1) is 11.0. The topological polar surface area (TPSA) is 83.5 Å². The predicted molar refractivity (Wildman–Crippen MR) is 114 cm³/mol. The fourth-order valence-corrected chi connectivity index (χ4v) is 7.24. The van der Waals surface area contributed by atoms with Crippen molar-refractivity contribution in [3.63, 3.8) is 0 Å². The molecule has 0 radical (unpaired) electrons. The van der Waals surface area contributed by atoms with Crippen LogP contribution in [0.15, 0.2) is 42.6 Å². The summed E-state index contributed by atoms with van der Waals surface area (Å²) in [5.41, 5.74) is 0.279. The fourth-order valence-electron chi connectivity index (χ4n) is 1.70. The molecule has 128 valence electrons. The molecule has 0 unspecified atom stereocenters. The van der Waals surface area contributed by atoms with E-state index in [-0.39, 0.29) is 23.3 Å². The van der Waals surface area contributed by atoms with E-state index in [0.717, 1.165) is 0 Å². The third-order valence-electron chi connectivity index (χ3n) is 2.65. The Morgan fingerprint density at radius 2 is 1.58 bits per heavy atom. The van der Waals surface area contributed by atoms with Gasteiger partial charge >= 0.3 is 5.97 Å². The molecular weight excluding hydrogens is 762 g/mol. The summed E-state index contributed by atoms with van der Waals surface area (Å²) in [7, 11) is -4.60. The minimum Gasteiger partial charge on any atom is -0.744 e. The maximum Gasteiger partial charge on any atom is 0.344 e. The van der Waals surface area contributed by atoms with Gasteiger partial charge in [-0.25, -0.2) is 13.2 Å². The first-order valence-corrected chi connectivity index (χ1v) is 11.8. The van der Waals surface area contributed by atoms with Crippen LogP contribution in [0.2, 0.25) is 0 Å². The number of hydrogen-bond donors (Lipinski definition) is 0. The number of carbonyl (C=O) groups is 1. The number of halogens is 5. The van der Waals surface area contributed by atoms with Crippen LogP contribution in [0, 0.1) is 7.14 Å². The largest absolute Gasteiger partial charge is 0.744 e. The molecule has 2 aromatic carbocycles. The van der Waals surface area contributed by atoms with Gasteiger partial charge in [-0.15, -0.1) is 0 Å². The molecule has 0 aliphatic carbocycles. The van der Waals surface area contributed by atoms with Gasteiger partial charge in [-0.3, -0.25) is 0 Å². The third kappa shape index (κ3) is 4.91. The normalized spacial score (nSPS) is 11.4. The van der Waals surface area contributed by atoms with Crippen molar-refractivity contribution in [2.75, 3.05) is 0 Å². The fraction of sp³-hybridized carbons (Fsp3) is 0. The van der Waals surface area contributed by atoms with Crippen molar-refractivity contribution in [2.24, 2.45) is 0 Å². The monoisotopic (exact) mass is 763 g/mol. The van der Waals surface area contributed by atoms with Crippen LogP contribution < -0.4 is 4.74 Å². The van der Waals surface area contributed by atoms with Crippen molar-refractivity contribution < 1.29 is 22.5 Å². The van der Waals surface area contributed by atoms with Crippen molar-refractivity contribution in [3.05, 3.63) is 50.4 Å². The van der Waals surface area contributed by atoms with E-state index in [4.69, 9.17) is 4.74 Å². The molecular formula is C13H4Br3I2O5S-. The molecule has 0 bridgehead atoms. The molecule has 11 heteroatoms. The molecule has 0 saturated heterocycles. The maximum atomic E-state index is 12.4. The van der Waals surface area contributed by atoms with Crippen LogP contribution in [0.5, 0.6) is 5.75 Å². The molecule has 0 aliphatic rings. The molecule has 0 atom stereocenters. The molecule has 0 N–H and O–H groups in total. The number of ether oxygens (including phenoxy) is 1. The molecule has 5 nitrogen and oxygen atoms in total. The van der Waals surface area contributed by atoms with E-state index in [2.05, 4.69) is 47.8 Å². The number of rotatable bonds is 3. The molecule has 0 heterocycles.